The van der Waals surface area contributed by atoms with E-state index in [0.717, 1.165) is 18.3 Å². The first-order valence-corrected chi connectivity index (χ1v) is 4.87. The second-order valence-corrected chi connectivity index (χ2v) is 3.51. The lowest BCUT2D eigenvalue weighted by atomic mass is 10.0. The van der Waals surface area contributed by atoms with Gasteiger partial charge in [0.05, 0.1) is 14.2 Å². The summed E-state index contributed by atoms with van der Waals surface area (Å²) in [4.78, 5) is 10.5. The van der Waals surface area contributed by atoms with Crippen LogP contribution in [0.25, 0.3) is 0 Å². The average Bonchev–Trinajstić information content (AvgIpc) is 2.28. The van der Waals surface area contributed by atoms with Crippen LogP contribution in [0.3, 0.4) is 0 Å². The van der Waals surface area contributed by atoms with Gasteiger partial charge in [-0.3, -0.25) is 0 Å². The predicted octanol–water partition coefficient (Wildman–Crippen LogP) is 2.08. The molecule has 0 aliphatic rings. The zero-order valence-electron chi connectivity index (χ0n) is 9.32. The predicted molar refractivity (Wildman–Crippen MR) is 58.5 cm³/mol. The Kier molecular flexibility index (Phi) is 4.16. The van der Waals surface area contributed by atoms with Crippen LogP contribution in [0.5, 0.6) is 11.5 Å². The topological polar surface area (TPSA) is 35.5 Å². The summed E-state index contributed by atoms with van der Waals surface area (Å²) in [5.74, 6) is 1.44. The van der Waals surface area contributed by atoms with Crippen LogP contribution in [0.2, 0.25) is 0 Å². The number of hydrogen-bond donors (Lipinski definition) is 0. The molecule has 0 heterocycles. The summed E-state index contributed by atoms with van der Waals surface area (Å²) >= 11 is 0. The van der Waals surface area contributed by atoms with Crippen molar-refractivity contribution in [1.29, 1.82) is 0 Å². The number of aldehydes is 1. The zero-order valence-corrected chi connectivity index (χ0v) is 9.32. The van der Waals surface area contributed by atoms with Gasteiger partial charge in [0.15, 0.2) is 11.5 Å². The Morgan fingerprint density at radius 2 is 1.93 bits per heavy atom. The molecule has 1 aromatic rings. The number of benzene rings is 1. The van der Waals surface area contributed by atoms with Gasteiger partial charge in [0.2, 0.25) is 0 Å². The Labute approximate surface area is 90.0 Å². The summed E-state index contributed by atoms with van der Waals surface area (Å²) in [7, 11) is 3.20. The van der Waals surface area contributed by atoms with Gasteiger partial charge in [-0.05, 0) is 24.1 Å². The number of ether oxygens (including phenoxy) is 2. The lowest BCUT2D eigenvalue weighted by Gasteiger charge is -2.10. The molecule has 0 aromatic heterocycles. The fourth-order valence-corrected chi connectivity index (χ4v) is 1.43. The van der Waals surface area contributed by atoms with Gasteiger partial charge >= 0.3 is 0 Å². The third kappa shape index (κ3) is 2.98. The van der Waals surface area contributed by atoms with E-state index in [0.29, 0.717) is 11.5 Å². The third-order valence-corrected chi connectivity index (χ3v) is 2.24. The molecule has 1 aromatic carbocycles. The largest absolute Gasteiger partial charge is 0.493 e. The van der Waals surface area contributed by atoms with Crippen molar-refractivity contribution < 1.29 is 14.3 Å². The maximum absolute atomic E-state index is 10.5. The van der Waals surface area contributed by atoms with Crippen molar-refractivity contribution in [2.45, 2.75) is 13.3 Å². The van der Waals surface area contributed by atoms with Crippen molar-refractivity contribution in [3.05, 3.63) is 23.8 Å². The Balaban J connectivity index is 2.87. The van der Waals surface area contributed by atoms with E-state index in [4.69, 9.17) is 9.47 Å². The molecule has 0 amide bonds. The normalized spacial score (nSPS) is 11.9. The smallest absolute Gasteiger partial charge is 0.160 e. The minimum absolute atomic E-state index is 0.0306. The quantitative estimate of drug-likeness (QED) is 0.695. The highest BCUT2D eigenvalue weighted by atomic mass is 16.5. The summed E-state index contributed by atoms with van der Waals surface area (Å²) in [6.45, 7) is 1.89. The minimum Gasteiger partial charge on any atom is -0.493 e. The van der Waals surface area contributed by atoms with E-state index in [9.17, 15) is 4.79 Å². The highest BCUT2D eigenvalue weighted by Gasteiger charge is 2.07. The monoisotopic (exact) mass is 208 g/mol. The van der Waals surface area contributed by atoms with Crippen LogP contribution in [0.4, 0.5) is 0 Å². The van der Waals surface area contributed by atoms with E-state index >= 15 is 0 Å². The van der Waals surface area contributed by atoms with Gasteiger partial charge in [0.25, 0.3) is 0 Å². The Morgan fingerprint density at radius 3 is 2.47 bits per heavy atom. The molecular formula is C12H16O3. The maximum Gasteiger partial charge on any atom is 0.160 e. The molecule has 82 valence electrons. The van der Waals surface area contributed by atoms with Gasteiger partial charge in [-0.15, -0.1) is 0 Å². The van der Waals surface area contributed by atoms with E-state index in [2.05, 4.69) is 0 Å². The molecule has 0 aliphatic heterocycles. The standard InChI is InChI=1S/C12H16O3/c1-9(8-13)6-10-4-5-11(14-2)12(7-10)15-3/h4-5,7-9H,6H2,1-3H3/t9-/m1/s1. The van der Waals surface area contributed by atoms with Crippen molar-refractivity contribution in [3.63, 3.8) is 0 Å². The molecule has 0 saturated carbocycles. The number of carbonyl (C=O) groups excluding carboxylic acids is 1. The fourth-order valence-electron chi connectivity index (χ4n) is 1.43. The molecule has 0 fully saturated rings. The molecular weight excluding hydrogens is 192 g/mol. The third-order valence-electron chi connectivity index (χ3n) is 2.24. The Morgan fingerprint density at radius 1 is 1.27 bits per heavy atom. The van der Waals surface area contributed by atoms with Gasteiger partial charge in [-0.25, -0.2) is 0 Å². The van der Waals surface area contributed by atoms with E-state index < -0.39 is 0 Å². The molecule has 0 unspecified atom stereocenters. The van der Waals surface area contributed by atoms with E-state index in [1.807, 2.05) is 25.1 Å². The summed E-state index contributed by atoms with van der Waals surface area (Å²) in [6, 6.07) is 5.70. The van der Waals surface area contributed by atoms with Crippen molar-refractivity contribution in [2.75, 3.05) is 14.2 Å². The summed E-state index contributed by atoms with van der Waals surface area (Å²) in [6.07, 6.45) is 1.68. The van der Waals surface area contributed by atoms with Crippen molar-refractivity contribution in [2.24, 2.45) is 5.92 Å². The van der Waals surface area contributed by atoms with Gasteiger partial charge < -0.3 is 14.3 Å². The van der Waals surface area contributed by atoms with Crippen LogP contribution in [0, 0.1) is 5.92 Å². The van der Waals surface area contributed by atoms with Crippen LogP contribution in [-0.2, 0) is 11.2 Å². The number of rotatable bonds is 5. The van der Waals surface area contributed by atoms with Crippen LogP contribution in [0.1, 0.15) is 12.5 Å². The first-order valence-electron chi connectivity index (χ1n) is 4.87. The van der Waals surface area contributed by atoms with E-state index in [1.165, 1.54) is 0 Å². The molecule has 0 aliphatic carbocycles. The molecule has 0 bridgehead atoms. The number of methoxy groups -OCH3 is 2. The number of carbonyl (C=O) groups is 1. The fraction of sp³-hybridized carbons (Fsp3) is 0.417. The molecule has 0 radical (unpaired) electrons. The molecule has 1 atom stereocenters. The molecule has 3 nitrogen and oxygen atoms in total. The summed E-state index contributed by atoms with van der Waals surface area (Å²) < 4.78 is 10.3. The van der Waals surface area contributed by atoms with Gasteiger partial charge in [0, 0.05) is 5.92 Å². The first-order chi connectivity index (χ1) is 7.21. The van der Waals surface area contributed by atoms with Crippen molar-refractivity contribution >= 4 is 6.29 Å². The number of hydrogen-bond acceptors (Lipinski definition) is 3. The second kappa shape index (κ2) is 5.39. The van der Waals surface area contributed by atoms with Crippen LogP contribution in [0.15, 0.2) is 18.2 Å². The maximum atomic E-state index is 10.5. The van der Waals surface area contributed by atoms with Crippen LogP contribution in [-0.4, -0.2) is 20.5 Å². The minimum atomic E-state index is 0.0306. The van der Waals surface area contributed by atoms with Crippen molar-refractivity contribution in [3.8, 4) is 11.5 Å². The van der Waals surface area contributed by atoms with Crippen molar-refractivity contribution in [1.82, 2.24) is 0 Å². The highest BCUT2D eigenvalue weighted by Crippen LogP contribution is 2.28. The SMILES string of the molecule is COc1ccc(C[C@@H](C)C=O)cc1OC. The lowest BCUT2D eigenvalue weighted by Crippen LogP contribution is -2.01. The molecule has 0 spiro atoms. The molecule has 1 rings (SSSR count). The van der Waals surface area contributed by atoms with Gasteiger partial charge in [-0.2, -0.15) is 0 Å². The molecule has 0 N–H and O–H groups in total. The van der Waals surface area contributed by atoms with Gasteiger partial charge in [0.1, 0.15) is 6.29 Å². The first kappa shape index (κ1) is 11.6. The highest BCUT2D eigenvalue weighted by molar-refractivity contribution is 5.54. The molecule has 3 heteroatoms. The average molecular weight is 208 g/mol. The van der Waals surface area contributed by atoms with E-state index in [1.54, 1.807) is 14.2 Å². The summed E-state index contributed by atoms with van der Waals surface area (Å²) in [5, 5.41) is 0. The Bertz CT molecular complexity index is 334. The van der Waals surface area contributed by atoms with E-state index in [-0.39, 0.29) is 5.92 Å². The van der Waals surface area contributed by atoms with Crippen LogP contribution >= 0.6 is 0 Å². The molecule has 15 heavy (non-hydrogen) atoms. The second-order valence-electron chi connectivity index (χ2n) is 3.51. The van der Waals surface area contributed by atoms with Gasteiger partial charge in [-0.1, -0.05) is 13.0 Å². The van der Waals surface area contributed by atoms with Crippen LogP contribution < -0.4 is 9.47 Å². The summed E-state index contributed by atoms with van der Waals surface area (Å²) in [5.41, 5.74) is 1.08. The zero-order chi connectivity index (χ0) is 11.3. The Hall–Kier alpha value is -1.51. The lowest BCUT2D eigenvalue weighted by molar-refractivity contribution is -0.110. The molecule has 0 saturated heterocycles.